The van der Waals surface area contributed by atoms with Gasteiger partial charge in [-0.05, 0) is 43.6 Å². The minimum atomic E-state index is -0.405. The number of aromatic nitrogens is 1. The van der Waals surface area contributed by atoms with Crippen molar-refractivity contribution in [2.75, 3.05) is 0 Å². The number of fused-ring (bicyclic) bond motifs is 1. The fourth-order valence-corrected chi connectivity index (χ4v) is 3.76. The number of non-ortho nitro benzene ring substituents is 1. The summed E-state index contributed by atoms with van der Waals surface area (Å²) in [7, 11) is -0.348. The molecule has 2 aromatic carbocycles. The summed E-state index contributed by atoms with van der Waals surface area (Å²) < 4.78 is 12.7. The van der Waals surface area contributed by atoms with Crippen molar-refractivity contribution in [3.63, 3.8) is 0 Å². The maximum absolute atomic E-state index is 10.8. The predicted octanol–water partition coefficient (Wildman–Crippen LogP) is 3.39. The average Bonchev–Trinajstić information content (AvgIpc) is 3.18. The zero-order valence-corrected chi connectivity index (χ0v) is 14.5. The molecule has 25 heavy (non-hydrogen) atoms. The van der Waals surface area contributed by atoms with Gasteiger partial charge in [0.2, 0.25) is 0 Å². The van der Waals surface area contributed by atoms with Crippen LogP contribution in [-0.2, 0) is 9.31 Å². The molecule has 1 fully saturated rings. The topological polar surface area (TPSA) is 74.5 Å². The Balaban J connectivity index is 1.65. The summed E-state index contributed by atoms with van der Waals surface area (Å²) in [6.07, 6.45) is 0.135. The molecule has 2 unspecified atom stereocenters. The number of benzene rings is 2. The van der Waals surface area contributed by atoms with E-state index in [1.54, 1.807) is 23.5 Å². The highest BCUT2D eigenvalue weighted by atomic mass is 32.1. The normalized spacial score (nSPS) is 20.3. The maximum Gasteiger partial charge on any atom is 0.494 e. The minimum absolute atomic E-state index is 0.0674. The quantitative estimate of drug-likeness (QED) is 0.409. The Kier molecular flexibility index (Phi) is 4.03. The molecule has 126 valence electrons. The Hall–Kier alpha value is -2.29. The van der Waals surface area contributed by atoms with Crippen molar-refractivity contribution in [3.05, 3.63) is 52.6 Å². The Bertz CT molecular complexity index is 933. The van der Waals surface area contributed by atoms with Gasteiger partial charge in [-0.15, -0.1) is 11.3 Å². The third-order valence-electron chi connectivity index (χ3n) is 4.35. The Labute approximate surface area is 148 Å². The number of hydrogen-bond donors (Lipinski definition) is 0. The SMILES string of the molecule is CC1OB(c2ccc3nc(-c4ccc([N+](=O)[O-])cc4)sc3c2)OC1C. The number of nitro groups is 1. The van der Waals surface area contributed by atoms with E-state index in [0.29, 0.717) is 0 Å². The van der Waals surface area contributed by atoms with Gasteiger partial charge in [0, 0.05) is 17.7 Å². The fourth-order valence-electron chi connectivity index (χ4n) is 2.74. The number of thiazole rings is 1. The number of nitrogens with zero attached hydrogens (tertiary/aromatic N) is 2. The van der Waals surface area contributed by atoms with E-state index in [0.717, 1.165) is 26.3 Å². The summed E-state index contributed by atoms with van der Waals surface area (Å²) in [5.41, 5.74) is 2.80. The van der Waals surface area contributed by atoms with Crippen LogP contribution in [0, 0.1) is 10.1 Å². The van der Waals surface area contributed by atoms with Crippen molar-refractivity contribution in [2.45, 2.75) is 26.1 Å². The molecule has 6 nitrogen and oxygen atoms in total. The van der Waals surface area contributed by atoms with Gasteiger partial charge in [-0.3, -0.25) is 10.1 Å². The van der Waals surface area contributed by atoms with Gasteiger partial charge >= 0.3 is 7.12 Å². The lowest BCUT2D eigenvalue weighted by atomic mass is 9.79. The third kappa shape index (κ3) is 3.04. The monoisotopic (exact) mass is 354 g/mol. The van der Waals surface area contributed by atoms with E-state index < -0.39 is 4.92 Å². The van der Waals surface area contributed by atoms with E-state index in [2.05, 4.69) is 4.98 Å². The largest absolute Gasteiger partial charge is 0.494 e. The van der Waals surface area contributed by atoms with Crippen LogP contribution in [0.15, 0.2) is 42.5 Å². The lowest BCUT2D eigenvalue weighted by molar-refractivity contribution is -0.384. The van der Waals surface area contributed by atoms with Gasteiger partial charge in [-0.1, -0.05) is 6.07 Å². The van der Waals surface area contributed by atoms with E-state index in [-0.39, 0.29) is 25.0 Å². The first kappa shape index (κ1) is 16.2. The van der Waals surface area contributed by atoms with Crippen LogP contribution in [0.3, 0.4) is 0 Å². The van der Waals surface area contributed by atoms with E-state index in [1.807, 2.05) is 32.0 Å². The molecule has 8 heteroatoms. The van der Waals surface area contributed by atoms with E-state index in [9.17, 15) is 10.1 Å². The summed E-state index contributed by atoms with van der Waals surface area (Å²) in [6, 6.07) is 12.4. The molecule has 2 atom stereocenters. The molecule has 0 amide bonds. The van der Waals surface area contributed by atoms with Crippen molar-refractivity contribution < 1.29 is 14.2 Å². The van der Waals surface area contributed by atoms with Crippen LogP contribution in [0.1, 0.15) is 13.8 Å². The number of hydrogen-bond acceptors (Lipinski definition) is 6. The Morgan fingerprint density at radius 2 is 1.80 bits per heavy atom. The Morgan fingerprint density at radius 1 is 1.12 bits per heavy atom. The van der Waals surface area contributed by atoms with Crippen molar-refractivity contribution in [3.8, 4) is 10.6 Å². The molecule has 1 aromatic heterocycles. The van der Waals surface area contributed by atoms with Crippen LogP contribution in [0.25, 0.3) is 20.8 Å². The van der Waals surface area contributed by atoms with Gasteiger partial charge in [0.1, 0.15) is 5.01 Å². The lowest BCUT2D eigenvalue weighted by Gasteiger charge is -2.04. The van der Waals surface area contributed by atoms with E-state index in [4.69, 9.17) is 9.31 Å². The first-order chi connectivity index (χ1) is 12.0. The van der Waals surface area contributed by atoms with E-state index in [1.165, 1.54) is 12.1 Å². The highest BCUT2D eigenvalue weighted by Crippen LogP contribution is 2.31. The zero-order valence-electron chi connectivity index (χ0n) is 13.7. The fraction of sp³-hybridized carbons (Fsp3) is 0.235. The second kappa shape index (κ2) is 6.22. The van der Waals surface area contributed by atoms with Crippen molar-refractivity contribution in [2.24, 2.45) is 0 Å². The summed E-state index contributed by atoms with van der Waals surface area (Å²) >= 11 is 1.55. The van der Waals surface area contributed by atoms with Crippen LogP contribution in [-0.4, -0.2) is 29.2 Å². The first-order valence-corrected chi connectivity index (χ1v) is 8.79. The molecule has 0 radical (unpaired) electrons. The molecular weight excluding hydrogens is 339 g/mol. The minimum Gasteiger partial charge on any atom is -0.402 e. The van der Waals surface area contributed by atoms with Crippen LogP contribution in [0.2, 0.25) is 0 Å². The standard InChI is InChI=1S/C17H15BN2O4S/c1-10-11(2)24-18(23-10)13-5-8-15-16(9-13)25-17(19-15)12-3-6-14(7-4-12)20(21)22/h3-11H,1-2H3. The molecule has 0 spiro atoms. The van der Waals surface area contributed by atoms with Crippen LogP contribution in [0.5, 0.6) is 0 Å². The van der Waals surface area contributed by atoms with Crippen molar-refractivity contribution in [1.82, 2.24) is 4.98 Å². The molecular formula is C17H15BN2O4S. The molecule has 0 aliphatic carbocycles. The van der Waals surface area contributed by atoms with Gasteiger partial charge in [0.05, 0.1) is 27.3 Å². The van der Waals surface area contributed by atoms with Gasteiger partial charge < -0.3 is 9.31 Å². The van der Waals surface area contributed by atoms with E-state index >= 15 is 0 Å². The molecule has 0 N–H and O–H groups in total. The first-order valence-electron chi connectivity index (χ1n) is 7.97. The van der Waals surface area contributed by atoms with Crippen LogP contribution < -0.4 is 5.46 Å². The average molecular weight is 354 g/mol. The summed E-state index contributed by atoms with van der Waals surface area (Å²) in [5.74, 6) is 0. The van der Waals surface area contributed by atoms with Gasteiger partial charge in [0.25, 0.3) is 5.69 Å². The van der Waals surface area contributed by atoms with Crippen molar-refractivity contribution in [1.29, 1.82) is 0 Å². The molecule has 0 bridgehead atoms. The number of rotatable bonds is 3. The highest BCUT2D eigenvalue weighted by Gasteiger charge is 2.36. The predicted molar refractivity (Wildman–Crippen MR) is 98.2 cm³/mol. The van der Waals surface area contributed by atoms with Crippen LogP contribution in [0.4, 0.5) is 5.69 Å². The zero-order chi connectivity index (χ0) is 17.6. The molecule has 1 aliphatic rings. The molecule has 4 rings (SSSR count). The van der Waals surface area contributed by atoms with Crippen LogP contribution >= 0.6 is 11.3 Å². The molecule has 1 saturated heterocycles. The summed E-state index contributed by atoms with van der Waals surface area (Å²) in [4.78, 5) is 15.0. The molecule has 3 aromatic rings. The van der Waals surface area contributed by atoms with Gasteiger partial charge in [0.15, 0.2) is 0 Å². The number of nitro benzene ring substituents is 1. The van der Waals surface area contributed by atoms with Gasteiger partial charge in [-0.25, -0.2) is 4.98 Å². The van der Waals surface area contributed by atoms with Gasteiger partial charge in [-0.2, -0.15) is 0 Å². The third-order valence-corrected chi connectivity index (χ3v) is 5.41. The second-order valence-electron chi connectivity index (χ2n) is 6.06. The highest BCUT2D eigenvalue weighted by molar-refractivity contribution is 7.21. The lowest BCUT2D eigenvalue weighted by Crippen LogP contribution is -2.32. The summed E-state index contributed by atoms with van der Waals surface area (Å²) in [6.45, 7) is 4.01. The second-order valence-corrected chi connectivity index (χ2v) is 7.10. The maximum atomic E-state index is 10.8. The Morgan fingerprint density at radius 3 is 2.44 bits per heavy atom. The molecule has 0 saturated carbocycles. The smallest absolute Gasteiger partial charge is 0.402 e. The summed E-state index contributed by atoms with van der Waals surface area (Å²) in [5, 5.41) is 11.6. The molecule has 2 heterocycles. The van der Waals surface area contributed by atoms with Crippen molar-refractivity contribution >= 4 is 39.8 Å². The molecule has 1 aliphatic heterocycles.